The molecule has 2 aliphatic heterocycles. The molecule has 6 nitrogen and oxygen atoms in total. The molecule has 0 saturated carbocycles. The number of anilines is 2. The van der Waals surface area contributed by atoms with Crippen molar-refractivity contribution in [1.82, 2.24) is 10.3 Å². The average molecular weight is 304 g/mol. The Hall–Kier alpha value is -1.66. The van der Waals surface area contributed by atoms with Crippen LogP contribution in [0.15, 0.2) is 18.3 Å². The quantitative estimate of drug-likeness (QED) is 0.883. The first-order valence-corrected chi connectivity index (χ1v) is 8.11. The maximum Gasteiger partial charge on any atom is 0.245 e. The third-order valence-electron chi connectivity index (χ3n) is 4.32. The highest BCUT2D eigenvalue weighted by molar-refractivity contribution is 5.94. The Balaban J connectivity index is 1.59. The molecular formula is C16H24N4O2. The van der Waals surface area contributed by atoms with E-state index in [1.165, 1.54) is 19.3 Å². The number of carbonyl (C=O) groups excluding carboxylic acids is 1. The lowest BCUT2D eigenvalue weighted by molar-refractivity contribution is -0.123. The van der Waals surface area contributed by atoms with E-state index in [1.807, 2.05) is 25.3 Å². The van der Waals surface area contributed by atoms with Crippen molar-refractivity contribution in [2.24, 2.45) is 0 Å². The standard InChI is InChI=1S/C16H24N4O2/c1-12-15(17-7-10-22-12)16(21)19-14-6-5-13(11-18-14)20-8-3-2-4-9-20/h5-6,11-12,15,17H,2-4,7-10H2,1H3,(H,18,19,21)/t12-,15+/m1/s1. The Bertz CT molecular complexity index is 499. The van der Waals surface area contributed by atoms with Gasteiger partial charge < -0.3 is 20.3 Å². The van der Waals surface area contributed by atoms with Crippen LogP contribution in [0.4, 0.5) is 11.5 Å². The lowest BCUT2D eigenvalue weighted by atomic mass is 10.1. The molecule has 22 heavy (non-hydrogen) atoms. The number of ether oxygens (including phenoxy) is 1. The second-order valence-corrected chi connectivity index (χ2v) is 5.95. The molecule has 0 radical (unpaired) electrons. The molecule has 3 rings (SSSR count). The van der Waals surface area contributed by atoms with Gasteiger partial charge in [0, 0.05) is 19.6 Å². The molecule has 2 atom stereocenters. The number of carbonyl (C=O) groups is 1. The monoisotopic (exact) mass is 304 g/mol. The van der Waals surface area contributed by atoms with Gasteiger partial charge in [0.05, 0.1) is 24.6 Å². The highest BCUT2D eigenvalue weighted by atomic mass is 16.5. The summed E-state index contributed by atoms with van der Waals surface area (Å²) in [5.41, 5.74) is 1.13. The molecule has 2 N–H and O–H groups in total. The van der Waals surface area contributed by atoms with Crippen molar-refractivity contribution >= 4 is 17.4 Å². The summed E-state index contributed by atoms with van der Waals surface area (Å²) in [5, 5.41) is 6.04. The number of amides is 1. The minimum atomic E-state index is -0.322. The Morgan fingerprint density at radius 3 is 2.86 bits per heavy atom. The number of nitrogens with zero attached hydrogens (tertiary/aromatic N) is 2. The number of nitrogens with one attached hydrogen (secondary N) is 2. The third-order valence-corrected chi connectivity index (χ3v) is 4.32. The van der Waals surface area contributed by atoms with Gasteiger partial charge >= 0.3 is 0 Å². The first-order valence-electron chi connectivity index (χ1n) is 8.11. The summed E-state index contributed by atoms with van der Waals surface area (Å²) >= 11 is 0. The van der Waals surface area contributed by atoms with Gasteiger partial charge in [-0.3, -0.25) is 4.79 Å². The van der Waals surface area contributed by atoms with E-state index < -0.39 is 0 Å². The SMILES string of the molecule is C[C@H]1OCCN[C@@H]1C(=O)Nc1ccc(N2CCCCC2)cn1. The highest BCUT2D eigenvalue weighted by Crippen LogP contribution is 2.20. The second-order valence-electron chi connectivity index (χ2n) is 5.95. The molecule has 0 unspecified atom stereocenters. The molecule has 1 aromatic heterocycles. The summed E-state index contributed by atoms with van der Waals surface area (Å²) in [6, 6.07) is 3.58. The molecule has 0 aliphatic carbocycles. The van der Waals surface area contributed by atoms with Crippen LogP contribution in [0.25, 0.3) is 0 Å². The number of hydrogen-bond donors (Lipinski definition) is 2. The van der Waals surface area contributed by atoms with Gasteiger partial charge in [-0.2, -0.15) is 0 Å². The molecular weight excluding hydrogens is 280 g/mol. The van der Waals surface area contributed by atoms with E-state index in [0.29, 0.717) is 19.0 Å². The highest BCUT2D eigenvalue weighted by Gasteiger charge is 2.28. The zero-order chi connectivity index (χ0) is 15.4. The van der Waals surface area contributed by atoms with E-state index in [1.54, 1.807) is 0 Å². The molecule has 1 aromatic rings. The Kier molecular flexibility index (Phi) is 4.90. The van der Waals surface area contributed by atoms with Crippen molar-refractivity contribution < 1.29 is 9.53 Å². The topological polar surface area (TPSA) is 66.5 Å². The number of hydrogen-bond acceptors (Lipinski definition) is 5. The van der Waals surface area contributed by atoms with E-state index in [9.17, 15) is 4.79 Å². The van der Waals surface area contributed by atoms with Crippen molar-refractivity contribution in [3.63, 3.8) is 0 Å². The molecule has 2 saturated heterocycles. The van der Waals surface area contributed by atoms with Gasteiger partial charge in [0.1, 0.15) is 11.9 Å². The van der Waals surface area contributed by atoms with Crippen LogP contribution in [0.2, 0.25) is 0 Å². The predicted octanol–water partition coefficient (Wildman–Crippen LogP) is 1.39. The summed E-state index contributed by atoms with van der Waals surface area (Å²) < 4.78 is 5.50. The van der Waals surface area contributed by atoms with Crippen LogP contribution in [-0.2, 0) is 9.53 Å². The molecule has 0 bridgehead atoms. The summed E-state index contributed by atoms with van der Waals surface area (Å²) in [4.78, 5) is 19.0. The van der Waals surface area contributed by atoms with E-state index in [0.717, 1.165) is 18.8 Å². The van der Waals surface area contributed by atoms with Crippen LogP contribution in [0.5, 0.6) is 0 Å². The molecule has 0 aromatic carbocycles. The van der Waals surface area contributed by atoms with Gasteiger partial charge in [-0.15, -0.1) is 0 Å². The molecule has 1 amide bonds. The summed E-state index contributed by atoms with van der Waals surface area (Å²) in [6.45, 7) is 5.43. The van der Waals surface area contributed by atoms with Crippen LogP contribution >= 0.6 is 0 Å². The number of morpholine rings is 1. The fourth-order valence-electron chi connectivity index (χ4n) is 3.03. The minimum absolute atomic E-state index is 0.0922. The number of rotatable bonds is 3. The van der Waals surface area contributed by atoms with E-state index in [4.69, 9.17) is 4.74 Å². The molecule has 3 heterocycles. The van der Waals surface area contributed by atoms with Crippen LogP contribution in [-0.4, -0.2) is 49.3 Å². The molecule has 6 heteroatoms. The second kappa shape index (κ2) is 7.07. The first-order chi connectivity index (χ1) is 10.7. The molecule has 2 fully saturated rings. The van der Waals surface area contributed by atoms with Crippen molar-refractivity contribution in [2.45, 2.75) is 38.3 Å². The summed E-state index contributed by atoms with van der Waals surface area (Å²) in [5.74, 6) is 0.496. The number of aromatic nitrogens is 1. The van der Waals surface area contributed by atoms with Crippen molar-refractivity contribution in [3.8, 4) is 0 Å². The normalized spacial score (nSPS) is 25.8. The van der Waals surface area contributed by atoms with Crippen molar-refractivity contribution in [1.29, 1.82) is 0 Å². The maximum atomic E-state index is 12.3. The van der Waals surface area contributed by atoms with Crippen LogP contribution in [0.3, 0.4) is 0 Å². The van der Waals surface area contributed by atoms with Gasteiger partial charge in [-0.1, -0.05) is 0 Å². The number of pyridine rings is 1. The van der Waals surface area contributed by atoms with Crippen molar-refractivity contribution in [3.05, 3.63) is 18.3 Å². The predicted molar refractivity (Wildman–Crippen MR) is 86.1 cm³/mol. The first kappa shape index (κ1) is 15.2. The smallest absolute Gasteiger partial charge is 0.245 e. The minimum Gasteiger partial charge on any atom is -0.375 e. The average Bonchev–Trinajstić information content (AvgIpc) is 2.57. The summed E-state index contributed by atoms with van der Waals surface area (Å²) in [6.07, 6.45) is 5.51. The third kappa shape index (κ3) is 3.56. The molecule has 2 aliphatic rings. The zero-order valence-corrected chi connectivity index (χ0v) is 13.0. The fraction of sp³-hybridized carbons (Fsp3) is 0.625. The lowest BCUT2D eigenvalue weighted by Gasteiger charge is -2.29. The van der Waals surface area contributed by atoms with Crippen LogP contribution < -0.4 is 15.5 Å². The molecule has 120 valence electrons. The van der Waals surface area contributed by atoms with E-state index in [2.05, 4.69) is 20.5 Å². The number of piperidine rings is 1. The molecule has 0 spiro atoms. The van der Waals surface area contributed by atoms with Gasteiger partial charge in [-0.05, 0) is 38.3 Å². The Morgan fingerprint density at radius 1 is 1.36 bits per heavy atom. The summed E-state index contributed by atoms with van der Waals surface area (Å²) in [7, 11) is 0. The largest absolute Gasteiger partial charge is 0.375 e. The van der Waals surface area contributed by atoms with Gasteiger partial charge in [0.15, 0.2) is 0 Å². The van der Waals surface area contributed by atoms with Gasteiger partial charge in [0.25, 0.3) is 0 Å². The Labute approximate surface area is 131 Å². The van der Waals surface area contributed by atoms with E-state index >= 15 is 0 Å². The van der Waals surface area contributed by atoms with Crippen LogP contribution in [0, 0.1) is 0 Å². The van der Waals surface area contributed by atoms with Crippen molar-refractivity contribution in [2.75, 3.05) is 36.5 Å². The zero-order valence-electron chi connectivity index (χ0n) is 13.0. The fourth-order valence-corrected chi connectivity index (χ4v) is 3.03. The van der Waals surface area contributed by atoms with Gasteiger partial charge in [0.2, 0.25) is 5.91 Å². The van der Waals surface area contributed by atoms with Crippen LogP contribution in [0.1, 0.15) is 26.2 Å². The lowest BCUT2D eigenvalue weighted by Crippen LogP contribution is -2.53. The van der Waals surface area contributed by atoms with E-state index in [-0.39, 0.29) is 18.1 Å². The van der Waals surface area contributed by atoms with Gasteiger partial charge in [-0.25, -0.2) is 4.98 Å². The Morgan fingerprint density at radius 2 is 2.18 bits per heavy atom. The maximum absolute atomic E-state index is 12.3.